The summed E-state index contributed by atoms with van der Waals surface area (Å²) in [6.07, 6.45) is 1.99. The normalized spacial score (nSPS) is 15.9. The van der Waals surface area contributed by atoms with Crippen molar-refractivity contribution in [1.29, 1.82) is 0 Å². The molecule has 158 valence electrons. The van der Waals surface area contributed by atoms with Crippen molar-refractivity contribution in [1.82, 2.24) is 24.9 Å². The van der Waals surface area contributed by atoms with Crippen LogP contribution in [0, 0.1) is 0 Å². The van der Waals surface area contributed by atoms with Gasteiger partial charge in [0.1, 0.15) is 0 Å². The minimum Gasteiger partial charge on any atom is -0.351 e. The first-order valence-electron chi connectivity index (χ1n) is 10.8. The highest BCUT2D eigenvalue weighted by Gasteiger charge is 2.18. The van der Waals surface area contributed by atoms with Gasteiger partial charge in [0.05, 0.1) is 11.4 Å². The van der Waals surface area contributed by atoms with Crippen molar-refractivity contribution in [3.05, 3.63) is 40.3 Å². The minimum absolute atomic E-state index is 0.105. The number of fused-ring (bicyclic) bond motifs is 1. The van der Waals surface area contributed by atoms with Crippen molar-refractivity contribution < 1.29 is 4.79 Å². The maximum absolute atomic E-state index is 12.8. The van der Waals surface area contributed by atoms with Gasteiger partial charge in [-0.3, -0.25) is 9.59 Å². The van der Waals surface area contributed by atoms with Gasteiger partial charge in [0.25, 0.3) is 11.5 Å². The van der Waals surface area contributed by atoms with Crippen molar-refractivity contribution in [2.24, 2.45) is 0 Å². The molecule has 29 heavy (non-hydrogen) atoms. The molecule has 1 aromatic heterocycles. The summed E-state index contributed by atoms with van der Waals surface area (Å²) in [7, 11) is 0. The molecule has 1 aliphatic rings. The maximum atomic E-state index is 12.8. The molecule has 0 unspecified atom stereocenters. The lowest BCUT2D eigenvalue weighted by Crippen LogP contribution is -2.46. The smallest absolute Gasteiger partial charge is 0.274 e. The molecule has 1 aliphatic heterocycles. The van der Waals surface area contributed by atoms with Crippen LogP contribution < -0.4 is 10.9 Å². The quantitative estimate of drug-likeness (QED) is 0.689. The van der Waals surface area contributed by atoms with E-state index in [1.807, 2.05) is 26.0 Å². The number of amides is 1. The molecular weight excluding hydrogens is 366 g/mol. The number of hydrogen-bond donors (Lipinski definition) is 1. The number of nitrogens with one attached hydrogen (secondary N) is 1. The molecule has 0 spiro atoms. The Hall–Kier alpha value is -2.25. The summed E-state index contributed by atoms with van der Waals surface area (Å²) in [5.41, 5.74) is 0.167. The predicted octanol–water partition coefficient (Wildman–Crippen LogP) is 2.12. The van der Waals surface area contributed by atoms with Crippen molar-refractivity contribution in [3.8, 4) is 0 Å². The van der Waals surface area contributed by atoms with E-state index in [4.69, 9.17) is 0 Å². The Balaban J connectivity index is 1.55. The van der Waals surface area contributed by atoms with Crippen molar-refractivity contribution >= 4 is 16.7 Å². The average Bonchev–Trinajstić information content (AvgIpc) is 2.74. The Labute approximate surface area is 172 Å². The van der Waals surface area contributed by atoms with Crippen molar-refractivity contribution in [2.75, 3.05) is 45.8 Å². The van der Waals surface area contributed by atoms with Gasteiger partial charge in [-0.05, 0) is 45.8 Å². The molecule has 1 saturated heterocycles. The summed E-state index contributed by atoms with van der Waals surface area (Å²) in [5.74, 6) is -0.216. The Kier molecular flexibility index (Phi) is 7.39. The average molecular weight is 400 g/mol. The van der Waals surface area contributed by atoms with Gasteiger partial charge < -0.3 is 15.1 Å². The maximum Gasteiger partial charge on any atom is 0.274 e. The summed E-state index contributed by atoms with van der Waals surface area (Å²) < 4.78 is 1.40. The fourth-order valence-corrected chi connectivity index (χ4v) is 3.80. The van der Waals surface area contributed by atoms with Crippen LogP contribution in [0.3, 0.4) is 0 Å². The van der Waals surface area contributed by atoms with Crippen LogP contribution in [-0.4, -0.2) is 71.3 Å². The largest absolute Gasteiger partial charge is 0.351 e. The van der Waals surface area contributed by atoms with Gasteiger partial charge in [0, 0.05) is 38.1 Å². The molecule has 1 N–H and O–H groups in total. The number of benzene rings is 1. The number of aromatic nitrogens is 2. The van der Waals surface area contributed by atoms with Gasteiger partial charge >= 0.3 is 0 Å². The zero-order valence-corrected chi connectivity index (χ0v) is 17.9. The lowest BCUT2D eigenvalue weighted by molar-refractivity contribution is 0.0946. The lowest BCUT2D eigenvalue weighted by Gasteiger charge is -2.33. The summed E-state index contributed by atoms with van der Waals surface area (Å²) in [6, 6.07) is 7.09. The molecule has 3 rings (SSSR count). The molecule has 1 fully saturated rings. The monoisotopic (exact) mass is 399 g/mol. The number of hydrogen-bond acceptors (Lipinski definition) is 5. The second-order valence-electron chi connectivity index (χ2n) is 7.98. The van der Waals surface area contributed by atoms with E-state index in [1.165, 1.54) is 4.68 Å². The van der Waals surface area contributed by atoms with E-state index >= 15 is 0 Å². The number of carbonyl (C=O) groups is 1. The summed E-state index contributed by atoms with van der Waals surface area (Å²) in [5, 5.41) is 8.50. The van der Waals surface area contributed by atoms with E-state index in [-0.39, 0.29) is 17.5 Å². The molecule has 7 heteroatoms. The van der Waals surface area contributed by atoms with Gasteiger partial charge in [0.2, 0.25) is 0 Å². The molecule has 2 heterocycles. The highest BCUT2D eigenvalue weighted by Crippen LogP contribution is 2.14. The van der Waals surface area contributed by atoms with E-state index in [0.29, 0.717) is 23.0 Å². The van der Waals surface area contributed by atoms with E-state index in [1.54, 1.807) is 12.1 Å². The van der Waals surface area contributed by atoms with Crippen LogP contribution in [0.1, 0.15) is 50.1 Å². The Morgan fingerprint density at radius 2 is 1.72 bits per heavy atom. The predicted molar refractivity (Wildman–Crippen MR) is 117 cm³/mol. The van der Waals surface area contributed by atoms with Crippen LogP contribution in [-0.2, 0) is 0 Å². The SMILES string of the molecule is CCN1CCN(CCCCNC(=O)c2nn(C(C)C)c(=O)c3ccccc23)CC1. The van der Waals surface area contributed by atoms with Crippen molar-refractivity contribution in [2.45, 2.75) is 39.7 Å². The van der Waals surface area contributed by atoms with E-state index in [9.17, 15) is 9.59 Å². The number of nitrogens with zero attached hydrogens (tertiary/aromatic N) is 4. The lowest BCUT2D eigenvalue weighted by atomic mass is 10.1. The van der Waals surface area contributed by atoms with Gasteiger partial charge in [-0.25, -0.2) is 4.68 Å². The first-order valence-corrected chi connectivity index (χ1v) is 10.8. The zero-order valence-electron chi connectivity index (χ0n) is 17.9. The third-order valence-electron chi connectivity index (χ3n) is 5.63. The summed E-state index contributed by atoms with van der Waals surface area (Å²) in [6.45, 7) is 13.4. The van der Waals surface area contributed by atoms with Crippen LogP contribution in [0.5, 0.6) is 0 Å². The number of rotatable bonds is 8. The standard InChI is InChI=1S/C22H33N5O2/c1-4-25-13-15-26(16-14-25)12-8-7-11-23-21(28)20-18-9-5-6-10-19(18)22(29)27(24-20)17(2)3/h5-6,9-10,17H,4,7-8,11-16H2,1-3H3,(H,23,28). The van der Waals surface area contributed by atoms with Crippen LogP contribution in [0.25, 0.3) is 10.8 Å². The Morgan fingerprint density at radius 3 is 2.38 bits per heavy atom. The minimum atomic E-state index is -0.216. The van der Waals surface area contributed by atoms with E-state index in [2.05, 4.69) is 27.1 Å². The molecule has 1 aromatic carbocycles. The fourth-order valence-electron chi connectivity index (χ4n) is 3.80. The molecule has 0 saturated carbocycles. The van der Waals surface area contributed by atoms with Gasteiger partial charge in [-0.1, -0.05) is 25.1 Å². The fraction of sp³-hybridized carbons (Fsp3) is 0.591. The highest BCUT2D eigenvalue weighted by molar-refractivity contribution is 6.04. The number of likely N-dealkylation sites (N-methyl/N-ethyl adjacent to an activating group) is 1. The zero-order chi connectivity index (χ0) is 20.8. The van der Waals surface area contributed by atoms with E-state index < -0.39 is 0 Å². The van der Waals surface area contributed by atoms with Crippen LogP contribution >= 0.6 is 0 Å². The molecule has 2 aromatic rings. The second kappa shape index (κ2) is 9.98. The molecule has 0 atom stereocenters. The number of unbranched alkanes of at least 4 members (excludes halogenated alkanes) is 1. The summed E-state index contributed by atoms with van der Waals surface area (Å²) in [4.78, 5) is 30.3. The third kappa shape index (κ3) is 5.22. The molecule has 0 aliphatic carbocycles. The van der Waals surface area contributed by atoms with Crippen molar-refractivity contribution in [3.63, 3.8) is 0 Å². The first-order chi connectivity index (χ1) is 14.0. The molecule has 0 radical (unpaired) electrons. The highest BCUT2D eigenvalue weighted by atomic mass is 16.2. The summed E-state index contributed by atoms with van der Waals surface area (Å²) >= 11 is 0. The molecule has 1 amide bonds. The Morgan fingerprint density at radius 1 is 1.07 bits per heavy atom. The van der Waals surface area contributed by atoms with Crippen LogP contribution in [0.2, 0.25) is 0 Å². The Bertz CT molecular complexity index is 884. The third-order valence-corrected chi connectivity index (χ3v) is 5.63. The van der Waals surface area contributed by atoms with Gasteiger partial charge in [0.15, 0.2) is 5.69 Å². The number of carbonyl (C=O) groups excluding carboxylic acids is 1. The van der Waals surface area contributed by atoms with E-state index in [0.717, 1.165) is 52.1 Å². The van der Waals surface area contributed by atoms with Gasteiger partial charge in [-0.15, -0.1) is 0 Å². The first kappa shape index (κ1) is 21.5. The number of piperazine rings is 1. The topological polar surface area (TPSA) is 70.5 Å². The molecule has 0 bridgehead atoms. The second-order valence-corrected chi connectivity index (χ2v) is 7.98. The van der Waals surface area contributed by atoms with Crippen LogP contribution in [0.15, 0.2) is 29.1 Å². The van der Waals surface area contributed by atoms with Crippen LogP contribution in [0.4, 0.5) is 0 Å². The molecular formula is C22H33N5O2. The van der Waals surface area contributed by atoms with Gasteiger partial charge in [-0.2, -0.15) is 5.10 Å². The molecule has 7 nitrogen and oxygen atoms in total.